The molecule has 0 saturated heterocycles. The molecule has 1 aliphatic rings. The SMILES string of the molecule is COCc1nc2n(n1)CCC[C@H]2NC(=O)Nc1cccc2[nH]ccc12. The molecule has 25 heavy (non-hydrogen) atoms. The summed E-state index contributed by atoms with van der Waals surface area (Å²) in [5, 5.41) is 11.3. The first-order valence-electron chi connectivity index (χ1n) is 8.31. The number of hydrogen-bond acceptors (Lipinski definition) is 4. The van der Waals surface area contributed by atoms with Gasteiger partial charge in [-0.05, 0) is 31.0 Å². The lowest BCUT2D eigenvalue weighted by Gasteiger charge is -2.23. The molecule has 0 aliphatic carbocycles. The third kappa shape index (κ3) is 3.08. The Morgan fingerprint density at radius 2 is 2.36 bits per heavy atom. The lowest BCUT2D eigenvalue weighted by atomic mass is 10.1. The Kier molecular flexibility index (Phi) is 4.10. The quantitative estimate of drug-likeness (QED) is 0.680. The fraction of sp³-hybridized carbons (Fsp3) is 0.353. The summed E-state index contributed by atoms with van der Waals surface area (Å²) >= 11 is 0. The Hall–Kier alpha value is -2.87. The highest BCUT2D eigenvalue weighted by Gasteiger charge is 2.25. The monoisotopic (exact) mass is 340 g/mol. The summed E-state index contributed by atoms with van der Waals surface area (Å²) < 4.78 is 6.95. The molecule has 8 heteroatoms. The topological polar surface area (TPSA) is 96.9 Å². The van der Waals surface area contributed by atoms with Gasteiger partial charge in [-0.25, -0.2) is 14.5 Å². The van der Waals surface area contributed by atoms with Gasteiger partial charge in [-0.15, -0.1) is 0 Å². The van der Waals surface area contributed by atoms with E-state index in [2.05, 4.69) is 25.7 Å². The number of methoxy groups -OCH3 is 1. The molecule has 4 rings (SSSR count). The Morgan fingerprint density at radius 3 is 3.24 bits per heavy atom. The molecule has 2 aromatic heterocycles. The second kappa shape index (κ2) is 6.56. The van der Waals surface area contributed by atoms with Crippen molar-refractivity contribution < 1.29 is 9.53 Å². The van der Waals surface area contributed by atoms with Gasteiger partial charge in [0.1, 0.15) is 12.4 Å². The first-order chi connectivity index (χ1) is 12.2. The molecule has 0 unspecified atom stereocenters. The van der Waals surface area contributed by atoms with E-state index in [1.165, 1.54) is 0 Å². The molecule has 1 aromatic carbocycles. The van der Waals surface area contributed by atoms with Gasteiger partial charge in [0.25, 0.3) is 0 Å². The summed E-state index contributed by atoms with van der Waals surface area (Å²) in [5.41, 5.74) is 1.76. The number of rotatable bonds is 4. The highest BCUT2D eigenvalue weighted by Crippen LogP contribution is 2.25. The van der Waals surface area contributed by atoms with Gasteiger partial charge in [-0.1, -0.05) is 6.07 Å². The summed E-state index contributed by atoms with van der Waals surface area (Å²) in [6.45, 7) is 1.18. The van der Waals surface area contributed by atoms with Crippen molar-refractivity contribution in [2.45, 2.75) is 32.0 Å². The van der Waals surface area contributed by atoms with E-state index >= 15 is 0 Å². The number of H-pyrrole nitrogens is 1. The number of anilines is 1. The minimum absolute atomic E-state index is 0.155. The summed E-state index contributed by atoms with van der Waals surface area (Å²) in [4.78, 5) is 20.1. The molecule has 3 aromatic rings. The van der Waals surface area contributed by atoms with Crippen LogP contribution in [-0.2, 0) is 17.9 Å². The van der Waals surface area contributed by atoms with Crippen molar-refractivity contribution >= 4 is 22.6 Å². The fourth-order valence-electron chi connectivity index (χ4n) is 3.24. The highest BCUT2D eigenvalue weighted by atomic mass is 16.5. The molecule has 0 saturated carbocycles. The Bertz CT molecular complexity index is 900. The predicted octanol–water partition coefficient (Wildman–Crippen LogP) is 2.56. The van der Waals surface area contributed by atoms with Gasteiger partial charge in [-0.3, -0.25) is 0 Å². The summed E-state index contributed by atoms with van der Waals surface area (Å²) in [5.74, 6) is 1.43. The van der Waals surface area contributed by atoms with E-state index in [1.54, 1.807) is 7.11 Å². The molecule has 2 amide bonds. The van der Waals surface area contributed by atoms with Crippen LogP contribution >= 0.6 is 0 Å². The molecule has 1 aliphatic heterocycles. The highest BCUT2D eigenvalue weighted by molar-refractivity contribution is 6.00. The van der Waals surface area contributed by atoms with Crippen molar-refractivity contribution in [3.63, 3.8) is 0 Å². The van der Waals surface area contributed by atoms with E-state index in [9.17, 15) is 4.79 Å². The van der Waals surface area contributed by atoms with E-state index in [4.69, 9.17) is 4.74 Å². The van der Waals surface area contributed by atoms with E-state index in [0.717, 1.165) is 41.8 Å². The van der Waals surface area contributed by atoms with Crippen LogP contribution in [0, 0.1) is 0 Å². The maximum absolute atomic E-state index is 12.5. The zero-order chi connectivity index (χ0) is 17.2. The number of hydrogen-bond donors (Lipinski definition) is 3. The van der Waals surface area contributed by atoms with Crippen LogP contribution in [0.4, 0.5) is 10.5 Å². The molecule has 130 valence electrons. The molecule has 3 N–H and O–H groups in total. The lowest BCUT2D eigenvalue weighted by Crippen LogP contribution is -2.36. The standard InChI is InChI=1S/C17H20N6O2/c1-25-10-15-21-16-14(6-3-9-23(16)22-15)20-17(24)19-13-5-2-4-12-11(13)7-8-18-12/h2,4-5,7-8,14,18H,3,6,9-10H2,1H3,(H2,19,20,24)/t14-/m1/s1. The van der Waals surface area contributed by atoms with Crippen LogP contribution in [0.3, 0.4) is 0 Å². The maximum Gasteiger partial charge on any atom is 0.319 e. The molecule has 0 spiro atoms. The number of urea groups is 1. The Labute approximate surface area is 144 Å². The second-order valence-electron chi connectivity index (χ2n) is 6.08. The van der Waals surface area contributed by atoms with Crippen LogP contribution in [0.2, 0.25) is 0 Å². The van der Waals surface area contributed by atoms with Gasteiger partial charge in [0, 0.05) is 30.8 Å². The number of carbonyl (C=O) groups is 1. The number of nitrogens with zero attached hydrogens (tertiary/aromatic N) is 3. The largest absolute Gasteiger partial charge is 0.377 e. The van der Waals surface area contributed by atoms with Gasteiger partial charge >= 0.3 is 6.03 Å². The smallest absolute Gasteiger partial charge is 0.319 e. The van der Waals surface area contributed by atoms with Crippen LogP contribution in [0.5, 0.6) is 0 Å². The minimum atomic E-state index is -0.247. The minimum Gasteiger partial charge on any atom is -0.377 e. The zero-order valence-corrected chi connectivity index (χ0v) is 14.0. The normalized spacial score (nSPS) is 16.6. The van der Waals surface area contributed by atoms with Crippen LogP contribution in [0.1, 0.15) is 30.5 Å². The van der Waals surface area contributed by atoms with Crippen molar-refractivity contribution in [3.8, 4) is 0 Å². The predicted molar refractivity (Wildman–Crippen MR) is 93.2 cm³/mol. The maximum atomic E-state index is 12.5. The van der Waals surface area contributed by atoms with E-state index in [0.29, 0.717) is 12.4 Å². The Morgan fingerprint density at radius 1 is 1.44 bits per heavy atom. The number of amides is 2. The summed E-state index contributed by atoms with van der Waals surface area (Å²) in [6, 6.07) is 7.30. The van der Waals surface area contributed by atoms with Crippen LogP contribution < -0.4 is 10.6 Å². The number of benzene rings is 1. The van der Waals surface area contributed by atoms with Crippen LogP contribution in [0.25, 0.3) is 10.9 Å². The molecule has 1 atom stereocenters. The third-order valence-corrected chi connectivity index (χ3v) is 4.34. The van der Waals surface area contributed by atoms with E-state index in [1.807, 2.05) is 35.1 Å². The van der Waals surface area contributed by atoms with Gasteiger partial charge in [0.2, 0.25) is 0 Å². The molecule has 0 fully saturated rings. The van der Waals surface area contributed by atoms with Gasteiger partial charge in [0.05, 0.1) is 11.7 Å². The van der Waals surface area contributed by atoms with E-state index in [-0.39, 0.29) is 12.1 Å². The van der Waals surface area contributed by atoms with Crippen molar-refractivity contribution in [3.05, 3.63) is 42.1 Å². The van der Waals surface area contributed by atoms with E-state index < -0.39 is 0 Å². The number of ether oxygens (including phenoxy) is 1. The Balaban J connectivity index is 1.49. The molecule has 0 radical (unpaired) electrons. The molecular formula is C17H20N6O2. The van der Waals surface area contributed by atoms with Crippen molar-refractivity contribution in [2.75, 3.05) is 12.4 Å². The summed E-state index contributed by atoms with van der Waals surface area (Å²) in [7, 11) is 1.62. The molecule has 3 heterocycles. The fourth-order valence-corrected chi connectivity index (χ4v) is 3.24. The number of fused-ring (bicyclic) bond motifs is 2. The zero-order valence-electron chi connectivity index (χ0n) is 14.0. The summed E-state index contributed by atoms with van der Waals surface area (Å²) in [6.07, 6.45) is 3.64. The van der Waals surface area contributed by atoms with Crippen molar-refractivity contribution in [1.29, 1.82) is 0 Å². The van der Waals surface area contributed by atoms with Gasteiger partial charge in [0.15, 0.2) is 5.82 Å². The number of aryl methyl sites for hydroxylation is 1. The average molecular weight is 340 g/mol. The first kappa shape index (κ1) is 15.6. The molecule has 0 bridgehead atoms. The number of nitrogens with one attached hydrogen (secondary N) is 3. The molecule has 8 nitrogen and oxygen atoms in total. The second-order valence-corrected chi connectivity index (χ2v) is 6.08. The first-order valence-corrected chi connectivity index (χ1v) is 8.31. The number of aromatic amines is 1. The van der Waals surface area contributed by atoms with Crippen molar-refractivity contribution in [2.24, 2.45) is 0 Å². The average Bonchev–Trinajstić information content (AvgIpc) is 3.22. The third-order valence-electron chi connectivity index (χ3n) is 4.34. The van der Waals surface area contributed by atoms with Gasteiger partial charge < -0.3 is 20.4 Å². The van der Waals surface area contributed by atoms with Gasteiger partial charge in [-0.2, -0.15) is 5.10 Å². The van der Waals surface area contributed by atoms with Crippen LogP contribution in [-0.4, -0.2) is 32.9 Å². The number of carbonyl (C=O) groups excluding carboxylic acids is 1. The lowest BCUT2D eigenvalue weighted by molar-refractivity contribution is 0.177. The van der Waals surface area contributed by atoms with Crippen LogP contribution in [0.15, 0.2) is 30.5 Å². The van der Waals surface area contributed by atoms with Crippen molar-refractivity contribution in [1.82, 2.24) is 25.1 Å². The molecular weight excluding hydrogens is 320 g/mol. The number of aromatic nitrogens is 4.